The fourth-order valence-corrected chi connectivity index (χ4v) is 2.58. The van der Waals surface area contributed by atoms with Gasteiger partial charge in [-0.1, -0.05) is 13.0 Å². The first-order valence-corrected chi connectivity index (χ1v) is 6.50. The van der Waals surface area contributed by atoms with Crippen LogP contribution in [-0.4, -0.2) is 15.9 Å². The summed E-state index contributed by atoms with van der Waals surface area (Å²) in [6, 6.07) is 3.20. The van der Waals surface area contributed by atoms with Gasteiger partial charge in [0.25, 0.3) is 5.56 Å². The van der Waals surface area contributed by atoms with Crippen molar-refractivity contribution in [1.82, 2.24) is 9.97 Å². The summed E-state index contributed by atoms with van der Waals surface area (Å²) >= 11 is 0. The van der Waals surface area contributed by atoms with Crippen LogP contribution in [0.15, 0.2) is 16.9 Å². The summed E-state index contributed by atoms with van der Waals surface area (Å²) in [5.41, 5.74) is 0.323. The highest BCUT2D eigenvalue weighted by Gasteiger charge is 2.47. The van der Waals surface area contributed by atoms with Crippen molar-refractivity contribution in [2.24, 2.45) is 0 Å². The van der Waals surface area contributed by atoms with Gasteiger partial charge in [-0.15, -0.1) is 0 Å². The van der Waals surface area contributed by atoms with Crippen LogP contribution < -0.4 is 5.56 Å². The van der Waals surface area contributed by atoms with Crippen molar-refractivity contribution in [3.8, 4) is 0 Å². The molecule has 1 heterocycles. The van der Waals surface area contributed by atoms with E-state index in [1.165, 1.54) is 0 Å². The van der Waals surface area contributed by atoms with Crippen LogP contribution in [0.4, 0.5) is 13.2 Å². The van der Waals surface area contributed by atoms with Gasteiger partial charge in [0, 0.05) is 20.2 Å². The lowest BCUT2D eigenvalue weighted by atomic mass is 9.79. The van der Waals surface area contributed by atoms with Crippen molar-refractivity contribution in [2.75, 3.05) is 0 Å². The third-order valence-electron chi connectivity index (χ3n) is 3.77. The number of halogens is 3. The van der Waals surface area contributed by atoms with E-state index in [1.807, 2.05) is 0 Å². The Labute approximate surface area is 114 Å². The summed E-state index contributed by atoms with van der Waals surface area (Å²) in [6.45, 7) is 1.81. The Kier molecular flexibility index (Phi) is 2.84. The molecule has 1 saturated carbocycles. The standard InChI is InChI=1S/C14H13F3N2O.H2/c1-2-7-3-4-9-12(10(7)15)19-13(20)11(18-9)8-5-14(16,17)6-8;/h3-4,8H,2,5-6H2,1H3,(H,19,20);1H. The van der Waals surface area contributed by atoms with Gasteiger partial charge in [0.05, 0.1) is 5.52 Å². The zero-order valence-corrected chi connectivity index (χ0v) is 10.8. The predicted molar refractivity (Wildman–Crippen MR) is 70.7 cm³/mol. The second-order valence-corrected chi connectivity index (χ2v) is 5.20. The average molecular weight is 284 g/mol. The first kappa shape index (κ1) is 13.1. The zero-order valence-electron chi connectivity index (χ0n) is 10.8. The van der Waals surface area contributed by atoms with Crippen molar-refractivity contribution in [2.45, 2.75) is 38.0 Å². The Balaban J connectivity index is 0.00000161. The normalized spacial score (nSPS) is 18.2. The maximum absolute atomic E-state index is 14.1. The number of hydrogen-bond donors (Lipinski definition) is 1. The summed E-state index contributed by atoms with van der Waals surface area (Å²) < 4.78 is 39.8. The molecule has 0 aliphatic heterocycles. The maximum Gasteiger partial charge on any atom is 0.270 e. The Hall–Kier alpha value is -1.85. The van der Waals surface area contributed by atoms with Crippen LogP contribution >= 0.6 is 0 Å². The minimum atomic E-state index is -2.72. The summed E-state index contributed by atoms with van der Waals surface area (Å²) in [7, 11) is 0. The highest BCUT2D eigenvalue weighted by molar-refractivity contribution is 5.75. The van der Waals surface area contributed by atoms with Crippen LogP contribution in [-0.2, 0) is 6.42 Å². The lowest BCUT2D eigenvalue weighted by molar-refractivity contribution is -0.0878. The van der Waals surface area contributed by atoms with Crippen molar-refractivity contribution in [3.63, 3.8) is 0 Å². The van der Waals surface area contributed by atoms with E-state index < -0.39 is 23.2 Å². The van der Waals surface area contributed by atoms with Gasteiger partial charge in [-0.05, 0) is 18.1 Å². The number of alkyl halides is 2. The molecule has 1 aromatic heterocycles. The zero-order chi connectivity index (χ0) is 14.5. The van der Waals surface area contributed by atoms with E-state index in [1.54, 1.807) is 19.1 Å². The number of fused-ring (bicyclic) bond motifs is 1. The molecule has 0 spiro atoms. The fourth-order valence-electron chi connectivity index (χ4n) is 2.58. The highest BCUT2D eigenvalue weighted by atomic mass is 19.3. The lowest BCUT2D eigenvalue weighted by Crippen LogP contribution is -2.37. The molecule has 0 amide bonds. The molecule has 1 aliphatic rings. The molecule has 2 aromatic rings. The smallest absolute Gasteiger partial charge is 0.270 e. The largest absolute Gasteiger partial charge is 0.317 e. The molecule has 1 N–H and O–H groups in total. The number of aromatic nitrogens is 2. The van der Waals surface area contributed by atoms with Gasteiger partial charge in [-0.2, -0.15) is 0 Å². The van der Waals surface area contributed by atoms with E-state index in [4.69, 9.17) is 0 Å². The average Bonchev–Trinajstić information content (AvgIpc) is 2.36. The molecule has 108 valence electrons. The Morgan fingerprint density at radius 1 is 1.45 bits per heavy atom. The second-order valence-electron chi connectivity index (χ2n) is 5.20. The molecule has 0 saturated heterocycles. The quantitative estimate of drug-likeness (QED) is 0.918. The van der Waals surface area contributed by atoms with Crippen LogP contribution in [0.5, 0.6) is 0 Å². The molecule has 0 radical (unpaired) electrons. The third kappa shape index (κ3) is 1.99. The molecule has 1 aliphatic carbocycles. The number of nitrogens with one attached hydrogen (secondary N) is 1. The highest BCUT2D eigenvalue weighted by Crippen LogP contribution is 2.46. The van der Waals surface area contributed by atoms with Gasteiger partial charge in [0.2, 0.25) is 5.92 Å². The van der Waals surface area contributed by atoms with Gasteiger partial charge in [0.1, 0.15) is 11.2 Å². The lowest BCUT2D eigenvalue weighted by Gasteiger charge is -2.33. The van der Waals surface area contributed by atoms with Crippen molar-refractivity contribution in [3.05, 3.63) is 39.6 Å². The molecule has 20 heavy (non-hydrogen) atoms. The van der Waals surface area contributed by atoms with Crippen molar-refractivity contribution >= 4 is 11.0 Å². The molecule has 1 aromatic carbocycles. The predicted octanol–water partition coefficient (Wildman–Crippen LogP) is 3.38. The van der Waals surface area contributed by atoms with Crippen molar-refractivity contribution < 1.29 is 14.6 Å². The first-order valence-electron chi connectivity index (χ1n) is 6.50. The molecule has 3 nitrogen and oxygen atoms in total. The van der Waals surface area contributed by atoms with E-state index in [9.17, 15) is 18.0 Å². The molecule has 1 fully saturated rings. The van der Waals surface area contributed by atoms with Crippen LogP contribution in [0.1, 0.15) is 38.4 Å². The molecular formula is C14H15F3N2O. The fraction of sp³-hybridized carbons (Fsp3) is 0.429. The number of nitrogens with zero attached hydrogens (tertiary/aromatic N) is 1. The van der Waals surface area contributed by atoms with Gasteiger partial charge < -0.3 is 4.98 Å². The number of aryl methyl sites for hydroxylation is 1. The number of rotatable bonds is 2. The van der Waals surface area contributed by atoms with Gasteiger partial charge in [-0.3, -0.25) is 4.79 Å². The van der Waals surface area contributed by atoms with Gasteiger partial charge >= 0.3 is 0 Å². The molecule has 3 rings (SSSR count). The van der Waals surface area contributed by atoms with Crippen LogP contribution in [0.2, 0.25) is 0 Å². The number of hydrogen-bond acceptors (Lipinski definition) is 2. The summed E-state index contributed by atoms with van der Waals surface area (Å²) in [6.07, 6.45) is -0.241. The molecule has 0 atom stereocenters. The maximum atomic E-state index is 14.1. The van der Waals surface area contributed by atoms with Crippen LogP contribution in [0.3, 0.4) is 0 Å². The summed E-state index contributed by atoms with van der Waals surface area (Å²) in [4.78, 5) is 18.4. The van der Waals surface area contributed by atoms with E-state index in [0.29, 0.717) is 17.5 Å². The molecule has 0 bridgehead atoms. The molecule has 6 heteroatoms. The topological polar surface area (TPSA) is 45.8 Å². The SMILES string of the molecule is CCc1ccc2nc(C3CC(F)(F)C3)c(=O)[nH]c2c1F.[HH]. The summed E-state index contributed by atoms with van der Waals surface area (Å²) in [5.74, 6) is -3.77. The summed E-state index contributed by atoms with van der Waals surface area (Å²) in [5, 5.41) is 0. The Bertz CT molecular complexity index is 737. The number of H-pyrrole nitrogens is 1. The van der Waals surface area contributed by atoms with E-state index in [0.717, 1.165) is 0 Å². The van der Waals surface area contributed by atoms with E-state index in [2.05, 4.69) is 9.97 Å². The molecular weight excluding hydrogens is 269 g/mol. The second kappa shape index (κ2) is 4.33. The van der Waals surface area contributed by atoms with E-state index >= 15 is 0 Å². The third-order valence-corrected chi connectivity index (χ3v) is 3.77. The van der Waals surface area contributed by atoms with Crippen LogP contribution in [0.25, 0.3) is 11.0 Å². The van der Waals surface area contributed by atoms with E-state index in [-0.39, 0.29) is 25.5 Å². The Morgan fingerprint density at radius 2 is 2.15 bits per heavy atom. The first-order chi connectivity index (χ1) is 9.41. The van der Waals surface area contributed by atoms with Gasteiger partial charge in [0.15, 0.2) is 5.82 Å². The Morgan fingerprint density at radius 3 is 2.75 bits per heavy atom. The van der Waals surface area contributed by atoms with Crippen LogP contribution in [0, 0.1) is 5.82 Å². The molecule has 0 unspecified atom stereocenters. The minimum Gasteiger partial charge on any atom is -0.317 e. The minimum absolute atomic E-state index is 0. The van der Waals surface area contributed by atoms with Crippen molar-refractivity contribution in [1.29, 1.82) is 0 Å². The monoisotopic (exact) mass is 284 g/mol. The number of aromatic amines is 1. The number of benzene rings is 1. The van der Waals surface area contributed by atoms with Gasteiger partial charge in [-0.25, -0.2) is 18.2 Å².